The third-order valence-corrected chi connectivity index (χ3v) is 6.18. The maximum atomic E-state index is 13.6. The number of halogens is 1. The Hall–Kier alpha value is -3.44. The summed E-state index contributed by atoms with van der Waals surface area (Å²) in [6.45, 7) is 6.37. The zero-order valence-corrected chi connectivity index (χ0v) is 19.7. The van der Waals surface area contributed by atoms with E-state index in [1.54, 1.807) is 39.8 Å². The average molecular weight is 460 g/mol. The van der Waals surface area contributed by atoms with E-state index in [9.17, 15) is 9.59 Å². The standard InChI is InChI=1S/C27H26ClN3O2/c1-4-24(30(5-2)26(32)21-11-7-6-10-18(21)3)25-29-23-13-9-8-12-22(23)27(33)31(25)20-16-14-19(28)15-17-20/h6-17,24H,4-5H2,1-3H3. The zero-order chi connectivity index (χ0) is 23.5. The average Bonchev–Trinajstić information content (AvgIpc) is 2.83. The molecule has 0 saturated heterocycles. The number of amides is 1. The number of carbonyl (C=O) groups is 1. The Morgan fingerprint density at radius 3 is 2.33 bits per heavy atom. The van der Waals surface area contributed by atoms with Gasteiger partial charge in [0.15, 0.2) is 0 Å². The van der Waals surface area contributed by atoms with E-state index in [1.165, 1.54) is 0 Å². The number of aryl methyl sites for hydroxylation is 1. The predicted octanol–water partition coefficient (Wildman–Crippen LogP) is 5.96. The van der Waals surface area contributed by atoms with Gasteiger partial charge in [0.05, 0.1) is 22.6 Å². The molecule has 0 fully saturated rings. The Balaban J connectivity index is 1.95. The number of para-hydroxylation sites is 1. The Morgan fingerprint density at radius 2 is 1.67 bits per heavy atom. The smallest absolute Gasteiger partial charge is 0.266 e. The maximum Gasteiger partial charge on any atom is 0.266 e. The molecule has 3 aromatic carbocycles. The van der Waals surface area contributed by atoms with Crippen molar-refractivity contribution in [3.8, 4) is 5.69 Å². The van der Waals surface area contributed by atoms with Crippen LogP contribution in [0.15, 0.2) is 77.6 Å². The first-order chi connectivity index (χ1) is 16.0. The quantitative estimate of drug-likeness (QED) is 0.357. The highest BCUT2D eigenvalue weighted by atomic mass is 35.5. The van der Waals surface area contributed by atoms with Gasteiger partial charge in [0.2, 0.25) is 0 Å². The van der Waals surface area contributed by atoms with Crippen LogP contribution in [0.2, 0.25) is 5.02 Å². The predicted molar refractivity (Wildman–Crippen MR) is 133 cm³/mol. The van der Waals surface area contributed by atoms with Crippen LogP contribution in [0.4, 0.5) is 0 Å². The minimum absolute atomic E-state index is 0.0764. The fourth-order valence-corrected chi connectivity index (χ4v) is 4.35. The summed E-state index contributed by atoms with van der Waals surface area (Å²) in [6.07, 6.45) is 0.601. The number of hydrogen-bond donors (Lipinski definition) is 0. The number of aromatic nitrogens is 2. The molecule has 0 aliphatic heterocycles. The summed E-state index contributed by atoms with van der Waals surface area (Å²) >= 11 is 6.10. The van der Waals surface area contributed by atoms with Crippen LogP contribution in [0, 0.1) is 6.92 Å². The van der Waals surface area contributed by atoms with Crippen LogP contribution in [0.3, 0.4) is 0 Å². The highest BCUT2D eigenvalue weighted by molar-refractivity contribution is 6.30. The number of hydrogen-bond acceptors (Lipinski definition) is 3. The van der Waals surface area contributed by atoms with Gasteiger partial charge >= 0.3 is 0 Å². The van der Waals surface area contributed by atoms with E-state index in [4.69, 9.17) is 16.6 Å². The van der Waals surface area contributed by atoms with Gasteiger partial charge in [-0.1, -0.05) is 48.9 Å². The van der Waals surface area contributed by atoms with Crippen LogP contribution in [0.1, 0.15) is 48.1 Å². The van der Waals surface area contributed by atoms with Crippen molar-refractivity contribution >= 4 is 28.4 Å². The summed E-state index contributed by atoms with van der Waals surface area (Å²) in [7, 11) is 0. The highest BCUT2D eigenvalue weighted by Crippen LogP contribution is 2.28. The second-order valence-corrected chi connectivity index (χ2v) is 8.37. The first-order valence-electron chi connectivity index (χ1n) is 11.1. The third-order valence-electron chi connectivity index (χ3n) is 5.92. The number of nitrogens with zero attached hydrogens (tertiary/aromatic N) is 3. The molecule has 168 valence electrons. The molecule has 0 saturated carbocycles. The van der Waals surface area contributed by atoms with Crippen LogP contribution in [0.25, 0.3) is 16.6 Å². The van der Waals surface area contributed by atoms with Gasteiger partial charge in [-0.2, -0.15) is 0 Å². The largest absolute Gasteiger partial charge is 0.329 e. The van der Waals surface area contributed by atoms with Crippen LogP contribution in [0.5, 0.6) is 0 Å². The summed E-state index contributed by atoms with van der Waals surface area (Å²) in [5.74, 6) is 0.458. The molecular weight excluding hydrogens is 434 g/mol. The molecule has 1 unspecified atom stereocenters. The molecule has 4 rings (SSSR count). The van der Waals surface area contributed by atoms with E-state index in [2.05, 4.69) is 0 Å². The van der Waals surface area contributed by atoms with Gasteiger partial charge in [-0.05, 0) is 68.3 Å². The number of benzene rings is 3. The van der Waals surface area contributed by atoms with Gasteiger partial charge in [0.25, 0.3) is 11.5 Å². The van der Waals surface area contributed by atoms with Gasteiger partial charge in [-0.3, -0.25) is 14.2 Å². The first-order valence-corrected chi connectivity index (χ1v) is 11.5. The van der Waals surface area contributed by atoms with Gasteiger partial charge < -0.3 is 4.90 Å². The fraction of sp³-hybridized carbons (Fsp3) is 0.222. The Kier molecular flexibility index (Phi) is 6.61. The fourth-order valence-electron chi connectivity index (χ4n) is 4.23. The molecule has 4 aromatic rings. The van der Waals surface area contributed by atoms with Crippen molar-refractivity contribution in [2.24, 2.45) is 0 Å². The van der Waals surface area contributed by atoms with E-state index in [1.807, 2.05) is 63.2 Å². The molecule has 0 aliphatic carbocycles. The first kappa shape index (κ1) is 22.7. The SMILES string of the molecule is CCC(c1nc2ccccc2c(=O)n1-c1ccc(Cl)cc1)N(CC)C(=O)c1ccccc1C. The molecule has 33 heavy (non-hydrogen) atoms. The third kappa shape index (κ3) is 4.29. The topological polar surface area (TPSA) is 55.2 Å². The zero-order valence-electron chi connectivity index (χ0n) is 19.0. The van der Waals surface area contributed by atoms with E-state index in [-0.39, 0.29) is 11.5 Å². The molecule has 0 radical (unpaired) electrons. The lowest BCUT2D eigenvalue weighted by Crippen LogP contribution is -2.38. The van der Waals surface area contributed by atoms with Crippen molar-refractivity contribution in [2.75, 3.05) is 6.54 Å². The maximum absolute atomic E-state index is 13.6. The van der Waals surface area contributed by atoms with Crippen molar-refractivity contribution in [3.05, 3.63) is 105 Å². The molecule has 0 N–H and O–H groups in total. The molecule has 0 aliphatic rings. The van der Waals surface area contributed by atoms with Crippen molar-refractivity contribution in [1.29, 1.82) is 0 Å². The van der Waals surface area contributed by atoms with E-state index in [0.717, 1.165) is 5.56 Å². The van der Waals surface area contributed by atoms with Crippen molar-refractivity contribution in [1.82, 2.24) is 14.5 Å². The van der Waals surface area contributed by atoms with Crippen LogP contribution < -0.4 is 5.56 Å². The second-order valence-electron chi connectivity index (χ2n) is 7.93. The molecule has 5 nitrogen and oxygen atoms in total. The Labute approximate surface area is 198 Å². The van der Waals surface area contributed by atoms with Gasteiger partial charge in [0.1, 0.15) is 5.82 Å². The van der Waals surface area contributed by atoms with E-state index < -0.39 is 6.04 Å². The normalized spacial score (nSPS) is 12.0. The lowest BCUT2D eigenvalue weighted by molar-refractivity contribution is 0.0671. The summed E-state index contributed by atoms with van der Waals surface area (Å²) in [5.41, 5.74) is 2.67. The molecule has 1 heterocycles. The second kappa shape index (κ2) is 9.59. The highest BCUT2D eigenvalue weighted by Gasteiger charge is 2.29. The number of fused-ring (bicyclic) bond motifs is 1. The molecule has 0 bridgehead atoms. The summed E-state index contributed by atoms with van der Waals surface area (Å²) < 4.78 is 1.61. The lowest BCUT2D eigenvalue weighted by Gasteiger charge is -2.32. The lowest BCUT2D eigenvalue weighted by atomic mass is 10.0. The molecule has 1 amide bonds. The summed E-state index contributed by atoms with van der Waals surface area (Å²) in [5, 5.41) is 1.11. The molecular formula is C27H26ClN3O2. The van der Waals surface area contributed by atoms with Crippen LogP contribution >= 0.6 is 11.6 Å². The minimum Gasteiger partial charge on any atom is -0.329 e. The monoisotopic (exact) mass is 459 g/mol. The molecule has 1 atom stereocenters. The van der Waals surface area contributed by atoms with Crippen LogP contribution in [-0.2, 0) is 0 Å². The van der Waals surface area contributed by atoms with Crippen molar-refractivity contribution in [2.45, 2.75) is 33.2 Å². The number of rotatable bonds is 6. The van der Waals surface area contributed by atoms with Gasteiger partial charge in [-0.15, -0.1) is 0 Å². The molecule has 1 aromatic heterocycles. The van der Waals surface area contributed by atoms with Crippen LogP contribution in [-0.4, -0.2) is 26.9 Å². The summed E-state index contributed by atoms with van der Waals surface area (Å²) in [4.78, 5) is 34.0. The summed E-state index contributed by atoms with van der Waals surface area (Å²) in [6, 6.07) is 21.6. The van der Waals surface area contributed by atoms with E-state index >= 15 is 0 Å². The van der Waals surface area contributed by atoms with Crippen molar-refractivity contribution in [3.63, 3.8) is 0 Å². The Bertz CT molecular complexity index is 1360. The van der Waals surface area contributed by atoms with Gasteiger partial charge in [0, 0.05) is 17.1 Å². The van der Waals surface area contributed by atoms with Crippen molar-refractivity contribution < 1.29 is 4.79 Å². The van der Waals surface area contributed by atoms with Gasteiger partial charge in [-0.25, -0.2) is 4.98 Å². The minimum atomic E-state index is -0.393. The molecule has 6 heteroatoms. The number of carbonyl (C=O) groups excluding carboxylic acids is 1. The Morgan fingerprint density at radius 1 is 1.00 bits per heavy atom. The van der Waals surface area contributed by atoms with E-state index in [0.29, 0.717) is 46.0 Å². The molecule has 0 spiro atoms.